The van der Waals surface area contributed by atoms with Crippen LogP contribution in [0.15, 0.2) is 131 Å². The number of ether oxygens (including phenoxy) is 8. The van der Waals surface area contributed by atoms with Gasteiger partial charge in [-0.3, -0.25) is 9.98 Å². The zero-order chi connectivity index (χ0) is 65.5. The molecule has 0 saturated heterocycles. The molecule has 0 spiro atoms. The number of fused-ring (bicyclic) bond motifs is 12. The summed E-state index contributed by atoms with van der Waals surface area (Å²) in [4.78, 5) is 10.4. The van der Waals surface area contributed by atoms with Gasteiger partial charge in [-0.1, -0.05) is 165 Å². The molecule has 492 valence electrons. The molecule has 0 N–H and O–H groups in total. The van der Waals surface area contributed by atoms with Gasteiger partial charge in [0.1, 0.15) is 46.0 Å². The molecule has 0 fully saturated rings. The van der Waals surface area contributed by atoms with E-state index in [0.717, 1.165) is 166 Å². The summed E-state index contributed by atoms with van der Waals surface area (Å²) in [5.74, 6) is 7.73. The van der Waals surface area contributed by atoms with Gasteiger partial charge in [-0.2, -0.15) is 0 Å². The maximum absolute atomic E-state index is 6.70. The van der Waals surface area contributed by atoms with E-state index in [4.69, 9.17) is 47.9 Å². The Morgan fingerprint density at radius 1 is 0.234 bits per heavy atom. The zero-order valence-electron chi connectivity index (χ0n) is 57.7. The SMILES string of the molecule is CCCOc1c2cccc1Cc1ccc3c(c1OCCC)Cc1c(ccc(c1OCCC)Cc1cccc(c1OCCC)C2)C(C)=N3.CCCOc1c2cccc1Cc1ccc3c(c1OCCC)Cc1c(ccc(c1OCCC)Cc1cccc(c1OCCC)C2)C(C)=N3. The molecular weight excluding hydrogens is 1160 g/mol. The van der Waals surface area contributed by atoms with Crippen molar-refractivity contribution in [2.24, 2.45) is 9.98 Å². The summed E-state index contributed by atoms with van der Waals surface area (Å²) in [7, 11) is 0. The number of nitrogens with zero attached hydrogens (tertiary/aromatic N) is 2. The topological polar surface area (TPSA) is 98.6 Å². The Hall–Kier alpha value is -8.50. The third-order valence-corrected chi connectivity index (χ3v) is 18.0. The first kappa shape index (κ1) is 66.9. The van der Waals surface area contributed by atoms with Crippen molar-refractivity contribution in [3.8, 4) is 46.0 Å². The van der Waals surface area contributed by atoms with E-state index < -0.39 is 0 Å². The number of benzene rings is 8. The Labute approximate surface area is 560 Å². The van der Waals surface area contributed by atoms with Crippen molar-refractivity contribution in [3.05, 3.63) is 221 Å². The molecule has 2 heterocycles. The highest BCUT2D eigenvalue weighted by Gasteiger charge is 2.30. The molecule has 2 aliphatic heterocycles. The molecule has 0 radical (unpaired) electrons. The molecule has 10 nitrogen and oxygen atoms in total. The van der Waals surface area contributed by atoms with Crippen LogP contribution >= 0.6 is 0 Å². The van der Waals surface area contributed by atoms with E-state index >= 15 is 0 Å². The van der Waals surface area contributed by atoms with Gasteiger partial charge in [0.2, 0.25) is 0 Å². The lowest BCUT2D eigenvalue weighted by atomic mass is 9.89. The maximum atomic E-state index is 6.70. The summed E-state index contributed by atoms with van der Waals surface area (Å²) in [6.45, 7) is 26.8. The predicted octanol–water partition coefficient (Wildman–Crippen LogP) is 19.9. The van der Waals surface area contributed by atoms with Crippen LogP contribution in [0.5, 0.6) is 46.0 Å². The van der Waals surface area contributed by atoms with E-state index in [0.29, 0.717) is 91.4 Å². The lowest BCUT2D eigenvalue weighted by Crippen LogP contribution is -2.11. The average molecular weight is 1260 g/mol. The molecule has 0 aromatic heterocycles. The van der Waals surface area contributed by atoms with Crippen LogP contribution in [0, 0.1) is 0 Å². The van der Waals surface area contributed by atoms with Crippen LogP contribution in [-0.4, -0.2) is 64.3 Å². The highest BCUT2D eigenvalue weighted by atomic mass is 16.5. The summed E-state index contributed by atoms with van der Waals surface area (Å²) in [6.07, 6.45) is 13.1. The van der Waals surface area contributed by atoms with Crippen molar-refractivity contribution >= 4 is 22.8 Å². The zero-order valence-corrected chi connectivity index (χ0v) is 57.7. The minimum absolute atomic E-state index is 0.645. The molecule has 0 saturated carbocycles. The Kier molecular flexibility index (Phi) is 22.9. The standard InChI is InChI=1S/2C42H49NO4/c2*1-6-20-44-39-29-12-10-14-31(39)25-33-16-18-35-28(5)43-38-19-17-34(26-32-15-11-13-30(24-29)40(32)45-21-7-2)42(47-23-9-4)37(38)27-36(35)41(33)46-22-8-3/h2*10-19H,6-9,20-27H2,1-5H3. The van der Waals surface area contributed by atoms with E-state index in [-0.39, 0.29) is 0 Å². The fourth-order valence-electron chi connectivity index (χ4n) is 13.6. The van der Waals surface area contributed by atoms with Crippen LogP contribution in [0.1, 0.15) is 221 Å². The van der Waals surface area contributed by atoms with Crippen LogP contribution in [0.4, 0.5) is 11.4 Å². The number of aliphatic imine (C=N–C) groups is 2. The maximum Gasteiger partial charge on any atom is 0.128 e. The predicted molar refractivity (Wildman–Crippen MR) is 384 cm³/mol. The summed E-state index contributed by atoms with van der Waals surface area (Å²) in [6, 6.07) is 44.1. The number of hydrogen-bond acceptors (Lipinski definition) is 10. The van der Waals surface area contributed by atoms with Gasteiger partial charge in [0.05, 0.1) is 64.2 Å². The second kappa shape index (κ2) is 32.1. The van der Waals surface area contributed by atoms with E-state index in [1.807, 2.05) is 0 Å². The lowest BCUT2D eigenvalue weighted by molar-refractivity contribution is 0.304. The first-order chi connectivity index (χ1) is 46.1. The fraction of sp³-hybridized carbons (Fsp3) is 0.405. The lowest BCUT2D eigenvalue weighted by Gasteiger charge is -2.23. The largest absolute Gasteiger partial charge is 0.493 e. The molecule has 0 unspecified atom stereocenters. The minimum atomic E-state index is 0.645. The first-order valence-electron chi connectivity index (χ1n) is 35.3. The van der Waals surface area contributed by atoms with E-state index in [1.54, 1.807) is 0 Å². The Balaban J connectivity index is 0.000000192. The summed E-state index contributed by atoms with van der Waals surface area (Å²) < 4.78 is 53.1. The van der Waals surface area contributed by atoms with Gasteiger partial charge in [0.25, 0.3) is 0 Å². The average Bonchev–Trinajstić information content (AvgIpc) is 1.54. The fourth-order valence-corrected chi connectivity index (χ4v) is 13.6. The van der Waals surface area contributed by atoms with E-state index in [9.17, 15) is 0 Å². The number of rotatable bonds is 24. The number of hydrogen-bond donors (Lipinski definition) is 0. The quantitative estimate of drug-likeness (QED) is 0.0590. The van der Waals surface area contributed by atoms with Crippen LogP contribution in [0.3, 0.4) is 0 Å². The third kappa shape index (κ3) is 14.9. The minimum Gasteiger partial charge on any atom is -0.493 e. The van der Waals surface area contributed by atoms with Crippen molar-refractivity contribution in [3.63, 3.8) is 0 Å². The number of para-hydroxylation sites is 4. The van der Waals surface area contributed by atoms with Gasteiger partial charge in [-0.05, 0) is 144 Å². The van der Waals surface area contributed by atoms with E-state index in [1.165, 1.54) is 66.8 Å². The van der Waals surface area contributed by atoms with Gasteiger partial charge in [-0.15, -0.1) is 0 Å². The van der Waals surface area contributed by atoms with E-state index in [2.05, 4.69) is 191 Å². The molecular formula is C84H98N2O8. The Morgan fingerprint density at radius 2 is 0.436 bits per heavy atom. The Bertz CT molecular complexity index is 3770. The molecule has 8 aromatic rings. The third-order valence-electron chi connectivity index (χ3n) is 18.0. The molecule has 2 aliphatic carbocycles. The normalized spacial score (nSPS) is 13.3. The molecule has 12 rings (SSSR count). The Morgan fingerprint density at radius 3 is 0.670 bits per heavy atom. The van der Waals surface area contributed by atoms with Crippen molar-refractivity contribution in [2.75, 3.05) is 52.9 Å². The van der Waals surface area contributed by atoms with Gasteiger partial charge in [0.15, 0.2) is 0 Å². The molecule has 94 heavy (non-hydrogen) atoms. The smallest absolute Gasteiger partial charge is 0.128 e. The summed E-state index contributed by atoms with van der Waals surface area (Å²) in [5.41, 5.74) is 24.8. The molecule has 8 aromatic carbocycles. The van der Waals surface area contributed by atoms with Gasteiger partial charge in [0, 0.05) is 96.2 Å². The van der Waals surface area contributed by atoms with Crippen LogP contribution in [-0.2, 0) is 51.4 Å². The highest BCUT2D eigenvalue weighted by Crippen LogP contribution is 2.47. The highest BCUT2D eigenvalue weighted by molar-refractivity contribution is 6.04. The second-order valence-corrected chi connectivity index (χ2v) is 25.5. The van der Waals surface area contributed by atoms with Crippen molar-refractivity contribution in [1.82, 2.24) is 0 Å². The van der Waals surface area contributed by atoms with Crippen LogP contribution in [0.2, 0.25) is 0 Å². The molecule has 0 amide bonds. The second-order valence-electron chi connectivity index (χ2n) is 25.5. The molecule has 10 heteroatoms. The van der Waals surface area contributed by atoms with Crippen LogP contribution < -0.4 is 37.9 Å². The van der Waals surface area contributed by atoms with Crippen molar-refractivity contribution in [1.29, 1.82) is 0 Å². The molecule has 16 bridgehead atoms. The first-order valence-corrected chi connectivity index (χ1v) is 35.3. The van der Waals surface area contributed by atoms with Crippen molar-refractivity contribution < 1.29 is 37.9 Å². The summed E-state index contributed by atoms with van der Waals surface area (Å²) in [5, 5.41) is 0. The van der Waals surface area contributed by atoms with Crippen molar-refractivity contribution in [2.45, 2.75) is 172 Å². The van der Waals surface area contributed by atoms with Gasteiger partial charge in [-0.25, -0.2) is 0 Å². The summed E-state index contributed by atoms with van der Waals surface area (Å²) >= 11 is 0. The molecule has 0 atom stereocenters. The van der Waals surface area contributed by atoms with Gasteiger partial charge < -0.3 is 37.9 Å². The monoisotopic (exact) mass is 1260 g/mol. The van der Waals surface area contributed by atoms with Crippen LogP contribution in [0.25, 0.3) is 0 Å². The van der Waals surface area contributed by atoms with Gasteiger partial charge >= 0.3 is 0 Å². The molecule has 4 aliphatic rings.